The molecule has 1 rings (SSSR count). The lowest BCUT2D eigenvalue weighted by atomic mass is 9.75. The van der Waals surface area contributed by atoms with E-state index in [4.69, 9.17) is 14.9 Å². The summed E-state index contributed by atoms with van der Waals surface area (Å²) in [6, 6.07) is 0. The van der Waals surface area contributed by atoms with Gasteiger partial charge in [-0.2, -0.15) is 0 Å². The molecule has 0 bridgehead atoms. The molecule has 1 saturated carbocycles. The minimum Gasteiger partial charge on any atom is -0.479 e. The molecule has 1 fully saturated rings. The van der Waals surface area contributed by atoms with Gasteiger partial charge in [-0.25, -0.2) is 4.79 Å². The molecule has 1 aliphatic rings. The van der Waals surface area contributed by atoms with Gasteiger partial charge in [0, 0.05) is 12.3 Å². The van der Waals surface area contributed by atoms with Gasteiger partial charge >= 0.3 is 13.6 Å². The van der Waals surface area contributed by atoms with Crippen LogP contribution in [-0.2, 0) is 9.36 Å². The quantitative estimate of drug-likeness (QED) is 0.325. The summed E-state index contributed by atoms with van der Waals surface area (Å²) in [5, 5.41) is 37.4. The molecule has 0 aliphatic heterocycles. The summed E-state index contributed by atoms with van der Waals surface area (Å²) in [5.41, 5.74) is -2.27. The van der Waals surface area contributed by atoms with Crippen LogP contribution in [0, 0.1) is 5.92 Å². The van der Waals surface area contributed by atoms with Crippen molar-refractivity contribution in [3.8, 4) is 0 Å². The third kappa shape index (κ3) is 3.48. The monoisotopic (exact) mass is 270 g/mol. The van der Waals surface area contributed by atoms with Crippen molar-refractivity contribution in [2.75, 3.05) is 6.16 Å². The summed E-state index contributed by atoms with van der Waals surface area (Å²) >= 11 is 0. The largest absolute Gasteiger partial charge is 0.479 e. The summed E-state index contributed by atoms with van der Waals surface area (Å²) < 4.78 is 10.8. The van der Waals surface area contributed by atoms with Gasteiger partial charge in [0.05, 0.1) is 18.4 Å². The van der Waals surface area contributed by atoms with Gasteiger partial charge in [0.15, 0.2) is 5.60 Å². The molecule has 4 atom stereocenters. The van der Waals surface area contributed by atoms with Crippen LogP contribution in [0.3, 0.4) is 0 Å². The van der Waals surface area contributed by atoms with Crippen LogP contribution < -0.4 is 0 Å². The van der Waals surface area contributed by atoms with Crippen LogP contribution in [0.5, 0.6) is 0 Å². The number of carboxylic acid groups (broad SMARTS) is 1. The van der Waals surface area contributed by atoms with Crippen LogP contribution in [0.25, 0.3) is 0 Å². The number of carboxylic acids is 1. The molecule has 0 unspecified atom stereocenters. The summed E-state index contributed by atoms with van der Waals surface area (Å²) in [6.07, 6.45) is -4.84. The van der Waals surface area contributed by atoms with E-state index < -0.39 is 56.3 Å². The molecule has 1 aliphatic carbocycles. The van der Waals surface area contributed by atoms with Gasteiger partial charge in [-0.1, -0.05) is 0 Å². The SMILES string of the molecule is O=C(O)[C@@]1(O)C[C@H](CP(=O)(O)O)[C@@H](O)[C@H](O)C1. The van der Waals surface area contributed by atoms with E-state index in [1.165, 1.54) is 0 Å². The van der Waals surface area contributed by atoms with E-state index in [2.05, 4.69) is 0 Å². The second kappa shape index (κ2) is 4.64. The van der Waals surface area contributed by atoms with Crippen molar-refractivity contribution < 1.29 is 39.6 Å². The fourth-order valence-corrected chi connectivity index (χ4v) is 3.03. The third-order valence-corrected chi connectivity index (χ3v) is 3.84. The molecule has 0 radical (unpaired) electrons. The molecule has 0 spiro atoms. The maximum atomic E-state index is 10.8. The van der Waals surface area contributed by atoms with Gasteiger partial charge in [-0.3, -0.25) is 4.57 Å². The standard InChI is InChI=1S/C8H15O8P/c9-5-2-8(13,7(11)12)1-4(6(5)10)3-17(14,15)16/h4-6,9-10,13H,1-3H2,(H,11,12)(H2,14,15,16)/t4-,5-,6-,8-/m1/s1. The van der Waals surface area contributed by atoms with Crippen LogP contribution in [-0.4, -0.2) is 60.2 Å². The van der Waals surface area contributed by atoms with E-state index in [-0.39, 0.29) is 0 Å². The van der Waals surface area contributed by atoms with Crippen molar-refractivity contribution >= 4 is 13.6 Å². The van der Waals surface area contributed by atoms with Crippen molar-refractivity contribution in [3.05, 3.63) is 0 Å². The van der Waals surface area contributed by atoms with Crippen LogP contribution in [0.4, 0.5) is 0 Å². The van der Waals surface area contributed by atoms with Crippen LogP contribution in [0.1, 0.15) is 12.8 Å². The van der Waals surface area contributed by atoms with E-state index in [9.17, 15) is 24.7 Å². The Hall–Kier alpha value is -0.500. The number of hydrogen-bond acceptors (Lipinski definition) is 5. The van der Waals surface area contributed by atoms with Crippen molar-refractivity contribution in [3.63, 3.8) is 0 Å². The molecule has 6 N–H and O–H groups in total. The third-order valence-electron chi connectivity index (χ3n) is 2.89. The van der Waals surface area contributed by atoms with Gasteiger partial charge < -0.3 is 30.2 Å². The van der Waals surface area contributed by atoms with Crippen molar-refractivity contribution in [1.82, 2.24) is 0 Å². The lowest BCUT2D eigenvalue weighted by Crippen LogP contribution is -2.54. The number of aliphatic carboxylic acids is 1. The maximum Gasteiger partial charge on any atom is 0.335 e. The van der Waals surface area contributed by atoms with Crippen molar-refractivity contribution in [1.29, 1.82) is 0 Å². The molecule has 9 heteroatoms. The minimum absolute atomic E-state index is 0.508. The zero-order valence-corrected chi connectivity index (χ0v) is 9.69. The highest BCUT2D eigenvalue weighted by molar-refractivity contribution is 7.51. The summed E-state index contributed by atoms with van der Waals surface area (Å²) in [4.78, 5) is 28.3. The predicted molar refractivity (Wildman–Crippen MR) is 54.2 cm³/mol. The number of aliphatic hydroxyl groups excluding tert-OH is 2. The van der Waals surface area contributed by atoms with Crippen molar-refractivity contribution in [2.24, 2.45) is 5.92 Å². The Balaban J connectivity index is 2.89. The lowest BCUT2D eigenvalue weighted by Gasteiger charge is -2.39. The Morgan fingerprint density at radius 2 is 1.82 bits per heavy atom. The number of carbonyl (C=O) groups is 1. The number of hydrogen-bond donors (Lipinski definition) is 6. The molecular formula is C8H15O8P. The van der Waals surface area contributed by atoms with Gasteiger partial charge in [0.1, 0.15) is 0 Å². The number of aliphatic hydroxyl groups is 3. The fraction of sp³-hybridized carbons (Fsp3) is 0.875. The molecule has 0 saturated heterocycles. The Labute approximate surface area is 96.7 Å². The topological polar surface area (TPSA) is 156 Å². The highest BCUT2D eigenvalue weighted by atomic mass is 31.2. The first kappa shape index (κ1) is 14.6. The normalized spacial score (nSPS) is 39.0. The number of rotatable bonds is 3. The van der Waals surface area contributed by atoms with E-state index in [0.29, 0.717) is 0 Å². The predicted octanol–water partition coefficient (Wildman–Crippen LogP) is -1.89. The summed E-state index contributed by atoms with van der Waals surface area (Å²) in [6.45, 7) is 0. The molecule has 17 heavy (non-hydrogen) atoms. The zero-order valence-electron chi connectivity index (χ0n) is 8.80. The molecule has 0 aromatic rings. The van der Waals surface area contributed by atoms with Gasteiger partial charge in [0.25, 0.3) is 0 Å². The molecular weight excluding hydrogens is 255 g/mol. The summed E-state index contributed by atoms with van der Waals surface area (Å²) in [5.74, 6) is -2.75. The van der Waals surface area contributed by atoms with Crippen LogP contribution in [0.2, 0.25) is 0 Å². The van der Waals surface area contributed by atoms with Crippen LogP contribution in [0.15, 0.2) is 0 Å². The van der Waals surface area contributed by atoms with Crippen molar-refractivity contribution in [2.45, 2.75) is 30.7 Å². The van der Waals surface area contributed by atoms with E-state index in [0.717, 1.165) is 0 Å². The average Bonchev–Trinajstić information content (AvgIpc) is 2.11. The van der Waals surface area contributed by atoms with Crippen LogP contribution >= 0.6 is 7.60 Å². The first-order chi connectivity index (χ1) is 7.55. The molecule has 8 nitrogen and oxygen atoms in total. The average molecular weight is 270 g/mol. The fourth-order valence-electron chi connectivity index (χ4n) is 2.07. The van der Waals surface area contributed by atoms with Gasteiger partial charge in [0.2, 0.25) is 0 Å². The molecule has 0 aromatic heterocycles. The Morgan fingerprint density at radius 3 is 2.24 bits per heavy atom. The smallest absolute Gasteiger partial charge is 0.335 e. The Bertz CT molecular complexity index is 351. The molecule has 100 valence electrons. The summed E-state index contributed by atoms with van der Waals surface area (Å²) in [7, 11) is -4.46. The first-order valence-electron chi connectivity index (χ1n) is 4.92. The van der Waals surface area contributed by atoms with Gasteiger partial charge in [-0.05, 0) is 6.42 Å². The van der Waals surface area contributed by atoms with E-state index >= 15 is 0 Å². The maximum absolute atomic E-state index is 10.8. The highest BCUT2D eigenvalue weighted by Crippen LogP contribution is 2.43. The van der Waals surface area contributed by atoms with Gasteiger partial charge in [-0.15, -0.1) is 0 Å². The van der Waals surface area contributed by atoms with E-state index in [1.54, 1.807) is 0 Å². The zero-order chi connectivity index (χ0) is 13.4. The second-order valence-electron chi connectivity index (χ2n) is 4.41. The first-order valence-corrected chi connectivity index (χ1v) is 6.71. The van der Waals surface area contributed by atoms with E-state index in [1.807, 2.05) is 0 Å². The lowest BCUT2D eigenvalue weighted by molar-refractivity contribution is -0.177. The molecule has 0 heterocycles. The highest BCUT2D eigenvalue weighted by Gasteiger charge is 2.50. The Morgan fingerprint density at radius 1 is 1.29 bits per heavy atom. The Kier molecular flexibility index (Phi) is 3.97. The second-order valence-corrected chi connectivity index (χ2v) is 6.10. The molecule has 0 amide bonds. The molecule has 0 aromatic carbocycles. The minimum atomic E-state index is -4.46.